The van der Waals surface area contributed by atoms with Crippen LogP contribution in [-0.2, 0) is 14.2 Å². The van der Waals surface area contributed by atoms with E-state index in [4.69, 9.17) is 72.2 Å². The van der Waals surface area contributed by atoms with Crippen LogP contribution in [0.4, 0.5) is 29.4 Å². The Bertz CT molecular complexity index is 3590. The first kappa shape index (κ1) is 55.8. The van der Waals surface area contributed by atoms with E-state index < -0.39 is 0 Å². The molecule has 3 fully saturated rings. The number of rotatable bonds is 8. The van der Waals surface area contributed by atoms with Crippen molar-refractivity contribution in [1.29, 1.82) is 0 Å². The Morgan fingerprint density at radius 3 is 1.29 bits per heavy atom. The predicted octanol–water partition coefficient (Wildman–Crippen LogP) is 8.76. The third-order valence-electron chi connectivity index (χ3n) is 12.2. The summed E-state index contributed by atoms with van der Waals surface area (Å²) >= 11 is 28.9. The van der Waals surface area contributed by atoms with Gasteiger partial charge in [-0.3, -0.25) is 10.2 Å². The van der Waals surface area contributed by atoms with Crippen LogP contribution in [0.2, 0.25) is 26.2 Å². The van der Waals surface area contributed by atoms with Gasteiger partial charge in [0.2, 0.25) is 27.7 Å². The van der Waals surface area contributed by atoms with Crippen molar-refractivity contribution in [2.24, 2.45) is 0 Å². The molecule has 3 unspecified atom stereocenters. The molecule has 0 bridgehead atoms. The first-order valence-corrected chi connectivity index (χ1v) is 26.6. The standard InChI is InChI=1S/C12H18N6O.C11H14ClN5O.C10H10Cl2N4O.C7H10N6.C5H2Cl2N4/c1-13-10-8-7-15-18(9-5-3-4-6-19-9)11(8)17-12(14-2)16-10;1-13-9-7-6-14-17(8-4-2-3-5-18-8)10(7)16-11(12)15-9;11-8-6-5-13-16(7-3-1-2-4-17-7)9(6)15-10(12)14-8;1-8-5-4-3-10-13-6(4)12-7(9-2)11-5;6-3-2-1-8-11-4(2)10-5(7)9-3/h7,9H,3-6H2,1-2H3,(H2,13,14,16,17);6,8H,2-5H2,1H3,(H,13,15,16);5,7H,1-4H2;3H,1-2H3,(H3,8,9,10,11,12,13);1H,(H,8,9,10,11). The first-order chi connectivity index (χ1) is 38.0. The van der Waals surface area contributed by atoms with Crippen molar-refractivity contribution in [2.75, 3.05) is 81.6 Å². The smallest absolute Gasteiger partial charge is 0.226 e. The number of ether oxygens (including phenoxy) is 3. The largest absolute Gasteiger partial charge is 0.372 e. The summed E-state index contributed by atoms with van der Waals surface area (Å²) < 4.78 is 22.5. The molecule has 0 amide bonds. The number of nitrogens with one attached hydrogen (secondary N) is 7. The molecule has 78 heavy (non-hydrogen) atoms. The summed E-state index contributed by atoms with van der Waals surface area (Å²) in [6.07, 6.45) is 17.9. The Morgan fingerprint density at radius 1 is 0.410 bits per heavy atom. The van der Waals surface area contributed by atoms with Gasteiger partial charge in [0.15, 0.2) is 46.9 Å². The maximum absolute atomic E-state index is 5.98. The zero-order chi connectivity index (χ0) is 54.7. The SMILES string of the molecule is CNc1nc(Cl)nc2c1cnn2C1CCCCO1.CNc1nc(NC)c2cn[nH]c2n1.CNc1nc(NC)c2cnn(C3CCCCO3)c2n1.Clc1nc(Cl)c2cn[nH]c2n1.Clc1nc(Cl)c2cnn(C3CCCCO3)c2n1. The molecule has 3 atom stereocenters. The van der Waals surface area contributed by atoms with Gasteiger partial charge in [-0.05, 0) is 92.6 Å². The molecule has 28 nitrogen and oxygen atoms in total. The fraction of sp³-hybridized carbons (Fsp3) is 0.444. The molecule has 0 saturated carbocycles. The Hall–Kier alpha value is -6.92. The minimum absolute atomic E-state index is 0.0180. The molecular formula is C45H54Cl5N25O3. The summed E-state index contributed by atoms with van der Waals surface area (Å²) in [6, 6.07) is 0. The monoisotopic (exact) mass is 1170 g/mol. The summed E-state index contributed by atoms with van der Waals surface area (Å²) in [5.74, 6) is 3.38. The van der Waals surface area contributed by atoms with E-state index in [1.54, 1.807) is 61.5 Å². The van der Waals surface area contributed by atoms with Gasteiger partial charge in [-0.1, -0.05) is 23.2 Å². The van der Waals surface area contributed by atoms with Gasteiger partial charge in [-0.25, -0.2) is 29.0 Å². The van der Waals surface area contributed by atoms with Gasteiger partial charge in [0.1, 0.15) is 27.8 Å². The van der Waals surface area contributed by atoms with Gasteiger partial charge >= 0.3 is 0 Å². The van der Waals surface area contributed by atoms with E-state index in [1.807, 2.05) is 18.8 Å². The highest BCUT2D eigenvalue weighted by atomic mass is 35.5. The number of H-pyrrole nitrogens is 2. The Kier molecular flexibility index (Phi) is 18.7. The van der Waals surface area contributed by atoms with Gasteiger partial charge < -0.3 is 40.8 Å². The minimum Gasteiger partial charge on any atom is -0.372 e. The van der Waals surface area contributed by atoms with E-state index in [9.17, 15) is 0 Å². The number of hydrogen-bond acceptors (Lipinski definition) is 23. The molecule has 10 aromatic heterocycles. The predicted molar refractivity (Wildman–Crippen MR) is 299 cm³/mol. The highest BCUT2D eigenvalue weighted by Gasteiger charge is 2.24. The van der Waals surface area contributed by atoms with Crippen molar-refractivity contribution >= 4 is 143 Å². The highest BCUT2D eigenvalue weighted by Crippen LogP contribution is 2.32. The lowest BCUT2D eigenvalue weighted by molar-refractivity contribution is -0.0371. The molecule has 3 aliphatic heterocycles. The molecule has 33 heteroatoms. The number of aromatic amines is 2. The minimum atomic E-state index is -0.0803. The maximum atomic E-state index is 5.98. The van der Waals surface area contributed by atoms with Crippen LogP contribution >= 0.6 is 58.0 Å². The lowest BCUT2D eigenvalue weighted by Gasteiger charge is -2.23. The Labute approximate surface area is 469 Å². The lowest BCUT2D eigenvalue weighted by Crippen LogP contribution is -2.19. The number of fused-ring (bicyclic) bond motifs is 5. The van der Waals surface area contributed by atoms with Crippen LogP contribution in [0.5, 0.6) is 0 Å². The number of hydrogen-bond donors (Lipinski definition) is 7. The van der Waals surface area contributed by atoms with E-state index in [0.717, 1.165) is 117 Å². The fourth-order valence-electron chi connectivity index (χ4n) is 8.48. The van der Waals surface area contributed by atoms with E-state index >= 15 is 0 Å². The van der Waals surface area contributed by atoms with Gasteiger partial charge in [0, 0.05) is 55.1 Å². The fourth-order valence-corrected chi connectivity index (χ4v) is 9.49. The van der Waals surface area contributed by atoms with Gasteiger partial charge in [0.05, 0.1) is 57.9 Å². The Balaban J connectivity index is 0.000000120. The summed E-state index contributed by atoms with van der Waals surface area (Å²) in [4.78, 5) is 41.3. The van der Waals surface area contributed by atoms with Gasteiger partial charge in [-0.2, -0.15) is 60.4 Å². The molecule has 0 radical (unpaired) electrons. The van der Waals surface area contributed by atoms with Crippen molar-refractivity contribution in [3.05, 3.63) is 57.1 Å². The molecule has 412 valence electrons. The van der Waals surface area contributed by atoms with E-state index in [2.05, 4.69) is 112 Å². The van der Waals surface area contributed by atoms with Crippen molar-refractivity contribution < 1.29 is 14.2 Å². The van der Waals surface area contributed by atoms with Crippen molar-refractivity contribution in [1.82, 2.24) is 99.6 Å². The number of anilines is 5. The topological polar surface area (TPSA) is 328 Å². The number of nitrogens with zero attached hydrogens (tertiary/aromatic N) is 18. The van der Waals surface area contributed by atoms with Gasteiger partial charge in [0.25, 0.3) is 0 Å². The summed E-state index contributed by atoms with van der Waals surface area (Å²) in [7, 11) is 9.03. The average Bonchev–Trinajstić information content (AvgIpc) is 4.42. The van der Waals surface area contributed by atoms with E-state index in [1.165, 1.54) is 0 Å². The molecule has 13 rings (SSSR count). The second-order valence-electron chi connectivity index (χ2n) is 17.2. The van der Waals surface area contributed by atoms with Gasteiger partial charge in [-0.15, -0.1) is 0 Å². The summed E-state index contributed by atoms with van der Waals surface area (Å²) in [5.41, 5.74) is 3.42. The number of halogens is 5. The molecule has 0 aromatic carbocycles. The third kappa shape index (κ3) is 12.8. The highest BCUT2D eigenvalue weighted by molar-refractivity contribution is 6.36. The van der Waals surface area contributed by atoms with E-state index in [0.29, 0.717) is 55.7 Å². The molecule has 10 aromatic rings. The van der Waals surface area contributed by atoms with Crippen LogP contribution in [0.3, 0.4) is 0 Å². The molecule has 0 spiro atoms. The zero-order valence-corrected chi connectivity index (χ0v) is 46.5. The zero-order valence-electron chi connectivity index (χ0n) is 42.8. The molecule has 3 saturated heterocycles. The van der Waals surface area contributed by atoms with Crippen LogP contribution < -0.4 is 26.6 Å². The van der Waals surface area contributed by atoms with Crippen LogP contribution in [0, 0.1) is 0 Å². The van der Waals surface area contributed by atoms with Crippen LogP contribution in [-0.4, -0.2) is 155 Å². The van der Waals surface area contributed by atoms with Crippen LogP contribution in [0.15, 0.2) is 31.0 Å². The maximum Gasteiger partial charge on any atom is 0.226 e. The lowest BCUT2D eigenvalue weighted by atomic mass is 10.2. The molecule has 0 aliphatic carbocycles. The van der Waals surface area contributed by atoms with Crippen LogP contribution in [0.1, 0.15) is 76.5 Å². The summed E-state index contributed by atoms with van der Waals surface area (Å²) in [5, 5.41) is 46.1. The normalized spacial score (nSPS) is 17.2. The molecule has 3 aliphatic rings. The number of aromatic nitrogens is 20. The molecule has 7 N–H and O–H groups in total. The second-order valence-corrected chi connectivity index (χ2v) is 18.9. The second kappa shape index (κ2) is 26.2. The van der Waals surface area contributed by atoms with Crippen molar-refractivity contribution in [3.8, 4) is 0 Å². The molecular weight excluding hydrogens is 1120 g/mol. The molecule has 13 heterocycles. The third-order valence-corrected chi connectivity index (χ3v) is 13.3. The first-order valence-electron chi connectivity index (χ1n) is 24.7. The van der Waals surface area contributed by atoms with Crippen molar-refractivity contribution in [2.45, 2.75) is 76.5 Å². The quantitative estimate of drug-likeness (QED) is 0.0552. The average molecular weight is 1170 g/mol. The Morgan fingerprint density at radius 2 is 0.808 bits per heavy atom. The summed E-state index contributed by atoms with van der Waals surface area (Å²) in [6.45, 7) is 2.30. The van der Waals surface area contributed by atoms with Crippen molar-refractivity contribution in [3.63, 3.8) is 0 Å². The van der Waals surface area contributed by atoms with E-state index in [-0.39, 0.29) is 34.5 Å². The van der Waals surface area contributed by atoms with Crippen LogP contribution in [0.25, 0.3) is 55.2 Å².